The summed E-state index contributed by atoms with van der Waals surface area (Å²) >= 11 is 0. The van der Waals surface area contributed by atoms with E-state index in [1.807, 2.05) is 24.0 Å². The number of aryl methyl sites for hydroxylation is 2. The topological polar surface area (TPSA) is 58.6 Å². The van der Waals surface area contributed by atoms with E-state index in [9.17, 15) is 4.79 Å². The van der Waals surface area contributed by atoms with E-state index in [4.69, 9.17) is 14.7 Å². The molecule has 6 nitrogen and oxygen atoms in total. The second kappa shape index (κ2) is 10.6. The van der Waals surface area contributed by atoms with Gasteiger partial charge in [-0.25, -0.2) is 9.97 Å². The van der Waals surface area contributed by atoms with E-state index in [1.165, 1.54) is 11.1 Å². The van der Waals surface area contributed by atoms with Gasteiger partial charge in [-0.1, -0.05) is 32.9 Å². The zero-order chi connectivity index (χ0) is 22.4. The molecule has 1 aromatic heterocycles. The Labute approximate surface area is 186 Å². The molecule has 1 aliphatic heterocycles. The van der Waals surface area contributed by atoms with E-state index in [-0.39, 0.29) is 5.91 Å². The number of carbonyl (C=O) groups is 1. The Morgan fingerprint density at radius 3 is 2.48 bits per heavy atom. The van der Waals surface area contributed by atoms with Crippen LogP contribution in [0.1, 0.15) is 56.3 Å². The fourth-order valence-corrected chi connectivity index (χ4v) is 4.18. The molecule has 31 heavy (non-hydrogen) atoms. The van der Waals surface area contributed by atoms with E-state index in [0.717, 1.165) is 68.5 Å². The lowest BCUT2D eigenvalue weighted by Gasteiger charge is -2.26. The predicted octanol–water partition coefficient (Wildman–Crippen LogP) is 4.03. The van der Waals surface area contributed by atoms with Crippen LogP contribution in [0.5, 0.6) is 5.75 Å². The van der Waals surface area contributed by atoms with Crippen molar-refractivity contribution in [1.29, 1.82) is 0 Å². The van der Waals surface area contributed by atoms with Crippen molar-refractivity contribution in [2.75, 3.05) is 38.2 Å². The molecule has 1 saturated heterocycles. The summed E-state index contributed by atoms with van der Waals surface area (Å²) in [6.45, 7) is 11.6. The van der Waals surface area contributed by atoms with Gasteiger partial charge in [0.05, 0.1) is 7.11 Å². The Morgan fingerprint density at radius 2 is 1.84 bits per heavy atom. The molecule has 0 saturated carbocycles. The van der Waals surface area contributed by atoms with E-state index in [2.05, 4.69) is 37.8 Å². The molecule has 1 amide bonds. The summed E-state index contributed by atoms with van der Waals surface area (Å²) in [5.41, 5.74) is 3.52. The van der Waals surface area contributed by atoms with Crippen molar-refractivity contribution in [1.82, 2.24) is 14.9 Å². The number of methoxy groups -OCH3 is 1. The van der Waals surface area contributed by atoms with Crippen molar-refractivity contribution in [3.63, 3.8) is 0 Å². The van der Waals surface area contributed by atoms with Crippen LogP contribution in [0, 0.1) is 12.8 Å². The summed E-state index contributed by atoms with van der Waals surface area (Å²) in [5, 5.41) is 0. The first-order valence-electron chi connectivity index (χ1n) is 11.4. The first-order valence-corrected chi connectivity index (χ1v) is 11.4. The van der Waals surface area contributed by atoms with Crippen molar-refractivity contribution in [2.24, 2.45) is 5.92 Å². The average Bonchev–Trinajstić information content (AvgIpc) is 3.01. The number of benzene rings is 1. The highest BCUT2D eigenvalue weighted by Gasteiger charge is 2.23. The number of nitrogens with zero attached hydrogens (tertiary/aromatic N) is 4. The summed E-state index contributed by atoms with van der Waals surface area (Å²) < 4.78 is 5.30. The molecule has 0 spiro atoms. The van der Waals surface area contributed by atoms with Crippen LogP contribution in [0.3, 0.4) is 0 Å². The highest BCUT2D eigenvalue weighted by atomic mass is 16.5. The fourth-order valence-electron chi connectivity index (χ4n) is 4.18. The molecule has 168 valence electrons. The van der Waals surface area contributed by atoms with Gasteiger partial charge in [0.2, 0.25) is 5.91 Å². The first-order chi connectivity index (χ1) is 14.9. The van der Waals surface area contributed by atoms with Crippen LogP contribution >= 0.6 is 0 Å². The first kappa shape index (κ1) is 23.0. The van der Waals surface area contributed by atoms with E-state index in [0.29, 0.717) is 12.3 Å². The molecule has 0 N–H and O–H groups in total. The molecule has 0 bridgehead atoms. The minimum atomic E-state index is 0.267. The molecule has 2 aromatic rings. The second-order valence-electron chi connectivity index (χ2n) is 8.72. The predicted molar refractivity (Wildman–Crippen MR) is 125 cm³/mol. The third-order valence-electron chi connectivity index (χ3n) is 5.79. The van der Waals surface area contributed by atoms with Gasteiger partial charge in [-0.05, 0) is 43.4 Å². The van der Waals surface area contributed by atoms with Crippen LogP contribution in [0.25, 0.3) is 0 Å². The fraction of sp³-hybridized carbons (Fsp3) is 0.560. The van der Waals surface area contributed by atoms with Gasteiger partial charge in [0.1, 0.15) is 17.4 Å². The number of rotatable bonds is 7. The quantitative estimate of drug-likeness (QED) is 0.672. The van der Waals surface area contributed by atoms with Crippen molar-refractivity contribution in [3.8, 4) is 5.75 Å². The van der Waals surface area contributed by atoms with E-state index in [1.54, 1.807) is 7.11 Å². The van der Waals surface area contributed by atoms with Gasteiger partial charge in [-0.2, -0.15) is 0 Å². The molecule has 0 radical (unpaired) electrons. The Balaban J connectivity index is 1.85. The van der Waals surface area contributed by atoms with Crippen molar-refractivity contribution in [2.45, 2.75) is 53.4 Å². The number of aromatic nitrogens is 2. The summed E-state index contributed by atoms with van der Waals surface area (Å²) in [7, 11) is 1.69. The molecule has 1 aliphatic rings. The van der Waals surface area contributed by atoms with Crippen molar-refractivity contribution < 1.29 is 9.53 Å². The summed E-state index contributed by atoms with van der Waals surface area (Å²) in [5.74, 6) is 3.35. The largest absolute Gasteiger partial charge is 0.497 e. The molecular weight excluding hydrogens is 388 g/mol. The number of carbonyl (C=O) groups excluding carboxylic acids is 1. The number of anilines is 1. The smallest absolute Gasteiger partial charge is 0.222 e. The minimum absolute atomic E-state index is 0.267. The molecule has 1 aromatic carbocycles. The molecule has 0 atom stereocenters. The lowest BCUT2D eigenvalue weighted by Crippen LogP contribution is -2.36. The van der Waals surface area contributed by atoms with Gasteiger partial charge >= 0.3 is 0 Å². The average molecular weight is 425 g/mol. The SMILES string of the molecule is CCc1nc(C)nc(N2CCCN(C(=O)CC(C)C)CC2)c1Cc1ccc(OC)cc1. The number of ether oxygens (including phenoxy) is 1. The molecule has 2 heterocycles. The van der Waals surface area contributed by atoms with Gasteiger partial charge in [0.25, 0.3) is 0 Å². The third-order valence-corrected chi connectivity index (χ3v) is 5.79. The lowest BCUT2D eigenvalue weighted by atomic mass is 10.0. The molecule has 0 aliphatic carbocycles. The maximum atomic E-state index is 12.6. The Kier molecular flexibility index (Phi) is 7.88. The van der Waals surface area contributed by atoms with E-state index < -0.39 is 0 Å². The standard InChI is InChI=1S/C25H36N4O2/c1-6-23-22(17-20-8-10-21(31-5)11-9-20)25(27-19(4)26-23)29-13-7-12-28(14-15-29)24(30)16-18(2)3/h8-11,18H,6-7,12-17H2,1-5H3. The number of amides is 1. The molecule has 6 heteroatoms. The molecule has 1 fully saturated rings. The monoisotopic (exact) mass is 424 g/mol. The van der Waals surface area contributed by atoms with Crippen molar-refractivity contribution in [3.05, 3.63) is 46.9 Å². The van der Waals surface area contributed by atoms with Crippen LogP contribution in [-0.2, 0) is 17.6 Å². The normalized spacial score (nSPS) is 14.6. The lowest BCUT2D eigenvalue weighted by molar-refractivity contribution is -0.131. The van der Waals surface area contributed by atoms with Gasteiger partial charge < -0.3 is 14.5 Å². The number of hydrogen-bond acceptors (Lipinski definition) is 5. The molecule has 3 rings (SSSR count). The third kappa shape index (κ3) is 5.96. The zero-order valence-electron chi connectivity index (χ0n) is 19.6. The molecular formula is C25H36N4O2. The van der Waals surface area contributed by atoms with Gasteiger partial charge in [0, 0.05) is 50.3 Å². The van der Waals surface area contributed by atoms with Crippen LogP contribution in [0.2, 0.25) is 0 Å². The summed E-state index contributed by atoms with van der Waals surface area (Å²) in [4.78, 5) is 26.6. The number of hydrogen-bond donors (Lipinski definition) is 0. The summed E-state index contributed by atoms with van der Waals surface area (Å²) in [6.07, 6.45) is 3.23. The Morgan fingerprint density at radius 1 is 1.10 bits per heavy atom. The van der Waals surface area contributed by atoms with E-state index >= 15 is 0 Å². The summed E-state index contributed by atoms with van der Waals surface area (Å²) in [6, 6.07) is 8.22. The van der Waals surface area contributed by atoms with Crippen LogP contribution < -0.4 is 9.64 Å². The second-order valence-corrected chi connectivity index (χ2v) is 8.72. The van der Waals surface area contributed by atoms with Crippen LogP contribution in [0.4, 0.5) is 5.82 Å². The van der Waals surface area contributed by atoms with Gasteiger partial charge in [0.15, 0.2) is 0 Å². The Bertz CT molecular complexity index is 880. The highest BCUT2D eigenvalue weighted by molar-refractivity contribution is 5.76. The zero-order valence-corrected chi connectivity index (χ0v) is 19.6. The van der Waals surface area contributed by atoms with Gasteiger partial charge in [-0.3, -0.25) is 4.79 Å². The van der Waals surface area contributed by atoms with Crippen LogP contribution in [-0.4, -0.2) is 54.1 Å². The highest BCUT2D eigenvalue weighted by Crippen LogP contribution is 2.27. The maximum absolute atomic E-state index is 12.6. The minimum Gasteiger partial charge on any atom is -0.497 e. The molecule has 0 unspecified atom stereocenters. The van der Waals surface area contributed by atoms with Crippen LogP contribution in [0.15, 0.2) is 24.3 Å². The Hall–Kier alpha value is -2.63. The maximum Gasteiger partial charge on any atom is 0.222 e. The van der Waals surface area contributed by atoms with Crippen molar-refractivity contribution >= 4 is 11.7 Å². The van der Waals surface area contributed by atoms with Gasteiger partial charge in [-0.15, -0.1) is 0 Å².